The number of amides is 1. The Bertz CT molecular complexity index is 828. The van der Waals surface area contributed by atoms with Gasteiger partial charge in [-0.1, -0.05) is 18.2 Å². The van der Waals surface area contributed by atoms with Gasteiger partial charge in [0, 0.05) is 17.9 Å². The van der Waals surface area contributed by atoms with Crippen LogP contribution in [0.2, 0.25) is 0 Å². The van der Waals surface area contributed by atoms with Gasteiger partial charge in [-0.25, -0.2) is 4.79 Å². The number of anilines is 1. The van der Waals surface area contributed by atoms with E-state index >= 15 is 0 Å². The summed E-state index contributed by atoms with van der Waals surface area (Å²) in [7, 11) is 0. The molecule has 0 saturated heterocycles. The molecular formula is C18H18N2O4. The number of H-pyrrole nitrogens is 1. The third-order valence-electron chi connectivity index (χ3n) is 4.16. The maximum absolute atomic E-state index is 12.6. The van der Waals surface area contributed by atoms with E-state index in [9.17, 15) is 14.4 Å². The summed E-state index contributed by atoms with van der Waals surface area (Å²) in [6, 6.07) is 10.6. The van der Waals surface area contributed by atoms with Crippen molar-refractivity contribution in [2.45, 2.75) is 25.8 Å². The topological polar surface area (TPSA) is 79.5 Å². The van der Waals surface area contributed by atoms with Crippen molar-refractivity contribution in [1.82, 2.24) is 4.98 Å². The summed E-state index contributed by atoms with van der Waals surface area (Å²) in [5.41, 5.74) is 1.31. The number of nitrogens with zero attached hydrogens (tertiary/aromatic N) is 1. The Morgan fingerprint density at radius 1 is 1.25 bits per heavy atom. The highest BCUT2D eigenvalue weighted by atomic mass is 16.5. The number of benzene rings is 1. The van der Waals surface area contributed by atoms with Gasteiger partial charge < -0.3 is 14.6 Å². The first kappa shape index (κ1) is 16.0. The van der Waals surface area contributed by atoms with E-state index in [0.717, 1.165) is 24.1 Å². The molecule has 1 aliphatic rings. The third kappa shape index (κ3) is 3.08. The van der Waals surface area contributed by atoms with Crippen LogP contribution in [-0.2, 0) is 16.0 Å². The van der Waals surface area contributed by atoms with Crippen molar-refractivity contribution in [2.24, 2.45) is 0 Å². The second kappa shape index (κ2) is 6.70. The molecule has 1 aliphatic heterocycles. The van der Waals surface area contributed by atoms with E-state index in [4.69, 9.17) is 4.74 Å². The highest BCUT2D eigenvalue weighted by molar-refractivity contribution is 5.98. The van der Waals surface area contributed by atoms with E-state index in [1.807, 2.05) is 31.2 Å². The van der Waals surface area contributed by atoms with Gasteiger partial charge in [0.2, 0.25) is 0 Å². The molecule has 0 fully saturated rings. The molecule has 0 bridgehead atoms. The summed E-state index contributed by atoms with van der Waals surface area (Å²) in [6.45, 7) is 1.57. The Kier molecular flexibility index (Phi) is 4.46. The van der Waals surface area contributed by atoms with Crippen molar-refractivity contribution >= 4 is 17.6 Å². The second-order valence-corrected chi connectivity index (χ2v) is 5.77. The predicted octanol–water partition coefficient (Wildman–Crippen LogP) is 1.90. The van der Waals surface area contributed by atoms with Gasteiger partial charge in [-0.05, 0) is 43.5 Å². The van der Waals surface area contributed by atoms with Crippen LogP contribution in [-0.4, -0.2) is 29.5 Å². The fourth-order valence-electron chi connectivity index (χ4n) is 2.93. The molecule has 1 amide bonds. The van der Waals surface area contributed by atoms with Gasteiger partial charge in [-0.3, -0.25) is 9.59 Å². The van der Waals surface area contributed by atoms with Gasteiger partial charge in [0.25, 0.3) is 11.5 Å². The van der Waals surface area contributed by atoms with E-state index in [1.165, 1.54) is 18.3 Å². The lowest BCUT2D eigenvalue weighted by molar-refractivity contribution is -0.122. The van der Waals surface area contributed by atoms with E-state index in [2.05, 4.69) is 4.98 Å². The monoisotopic (exact) mass is 326 g/mol. The van der Waals surface area contributed by atoms with Crippen molar-refractivity contribution < 1.29 is 14.3 Å². The molecule has 2 aromatic rings. The molecule has 6 heteroatoms. The van der Waals surface area contributed by atoms with Gasteiger partial charge in [0.05, 0.1) is 0 Å². The number of esters is 1. The Balaban J connectivity index is 1.73. The van der Waals surface area contributed by atoms with Crippen molar-refractivity contribution in [3.63, 3.8) is 0 Å². The average molecular weight is 326 g/mol. The Morgan fingerprint density at radius 2 is 2.04 bits per heavy atom. The molecule has 0 spiro atoms. The Morgan fingerprint density at radius 3 is 2.83 bits per heavy atom. The number of carbonyl (C=O) groups excluding carboxylic acids is 2. The van der Waals surface area contributed by atoms with Crippen LogP contribution in [0.1, 0.15) is 29.3 Å². The van der Waals surface area contributed by atoms with Crippen molar-refractivity contribution in [2.75, 3.05) is 11.5 Å². The van der Waals surface area contributed by atoms with Gasteiger partial charge in [0.15, 0.2) is 6.61 Å². The summed E-state index contributed by atoms with van der Waals surface area (Å²) < 4.78 is 5.04. The first-order valence-corrected chi connectivity index (χ1v) is 7.82. The number of hydrogen-bond donors (Lipinski definition) is 1. The fraction of sp³-hybridized carbons (Fsp3) is 0.278. The summed E-state index contributed by atoms with van der Waals surface area (Å²) in [6.07, 6.45) is 3.20. The first-order valence-electron chi connectivity index (χ1n) is 7.82. The number of para-hydroxylation sites is 1. The van der Waals surface area contributed by atoms with E-state index < -0.39 is 18.1 Å². The third-order valence-corrected chi connectivity index (χ3v) is 4.16. The van der Waals surface area contributed by atoms with Crippen LogP contribution < -0.4 is 10.5 Å². The minimum absolute atomic E-state index is 0.0335. The van der Waals surface area contributed by atoms with Gasteiger partial charge in [0.1, 0.15) is 5.56 Å². The molecule has 1 aromatic heterocycles. The maximum atomic E-state index is 12.6. The number of hydrogen-bond acceptors (Lipinski definition) is 4. The lowest BCUT2D eigenvalue weighted by Crippen LogP contribution is -2.44. The molecule has 0 radical (unpaired) electrons. The van der Waals surface area contributed by atoms with Crippen LogP contribution in [0, 0.1) is 0 Å². The highest BCUT2D eigenvalue weighted by Gasteiger charge is 2.28. The van der Waals surface area contributed by atoms with Crippen LogP contribution in [0.4, 0.5) is 5.69 Å². The summed E-state index contributed by atoms with van der Waals surface area (Å²) in [4.78, 5) is 40.2. The minimum Gasteiger partial charge on any atom is -0.452 e. The molecule has 1 unspecified atom stereocenters. The van der Waals surface area contributed by atoms with Crippen LogP contribution in [0.5, 0.6) is 0 Å². The molecular weight excluding hydrogens is 308 g/mol. The van der Waals surface area contributed by atoms with E-state index in [1.54, 1.807) is 4.90 Å². The molecule has 3 rings (SSSR count). The zero-order chi connectivity index (χ0) is 17.1. The van der Waals surface area contributed by atoms with Crippen LogP contribution in [0.3, 0.4) is 0 Å². The number of aromatic nitrogens is 1. The lowest BCUT2D eigenvalue weighted by atomic mass is 9.96. The molecule has 1 aromatic carbocycles. The predicted molar refractivity (Wildman–Crippen MR) is 89.1 cm³/mol. The number of ether oxygens (including phenoxy) is 1. The fourth-order valence-corrected chi connectivity index (χ4v) is 2.93. The Hall–Kier alpha value is -2.89. The number of aromatic amines is 1. The molecule has 0 aliphatic carbocycles. The van der Waals surface area contributed by atoms with Crippen LogP contribution in [0.15, 0.2) is 47.4 Å². The van der Waals surface area contributed by atoms with E-state index in [0.29, 0.717) is 0 Å². The smallest absolute Gasteiger partial charge is 0.344 e. The van der Waals surface area contributed by atoms with Gasteiger partial charge in [-0.2, -0.15) is 0 Å². The molecule has 1 N–H and O–H groups in total. The minimum atomic E-state index is -0.803. The molecule has 6 nitrogen and oxygen atoms in total. The normalized spacial score (nSPS) is 16.4. The van der Waals surface area contributed by atoms with E-state index in [-0.39, 0.29) is 17.5 Å². The van der Waals surface area contributed by atoms with Crippen LogP contribution >= 0.6 is 0 Å². The lowest BCUT2D eigenvalue weighted by Gasteiger charge is -2.35. The van der Waals surface area contributed by atoms with Crippen molar-refractivity contribution in [3.8, 4) is 0 Å². The zero-order valence-electron chi connectivity index (χ0n) is 13.3. The SMILES string of the molecule is CC1CCc2ccccc2N1C(=O)COC(=O)c1ccc[nH]c1=O. The molecule has 124 valence electrons. The number of rotatable bonds is 3. The standard InChI is InChI=1S/C18H18N2O4/c1-12-8-9-13-5-2-3-7-15(13)20(12)16(21)11-24-18(23)14-6-4-10-19-17(14)22/h2-7,10,12H,8-9,11H2,1H3,(H,19,22). The quantitative estimate of drug-likeness (QED) is 0.874. The maximum Gasteiger partial charge on any atom is 0.344 e. The first-order chi connectivity index (χ1) is 11.6. The Labute approximate surface area is 139 Å². The molecule has 1 atom stereocenters. The van der Waals surface area contributed by atoms with Crippen molar-refractivity contribution in [3.05, 3.63) is 64.1 Å². The molecule has 2 heterocycles. The summed E-state index contributed by atoms with van der Waals surface area (Å²) in [5, 5.41) is 0. The number of fused-ring (bicyclic) bond motifs is 1. The van der Waals surface area contributed by atoms with Crippen molar-refractivity contribution in [1.29, 1.82) is 0 Å². The molecule has 24 heavy (non-hydrogen) atoms. The van der Waals surface area contributed by atoms with Crippen LogP contribution in [0.25, 0.3) is 0 Å². The second-order valence-electron chi connectivity index (χ2n) is 5.77. The summed E-state index contributed by atoms with van der Waals surface area (Å²) in [5.74, 6) is -1.10. The summed E-state index contributed by atoms with van der Waals surface area (Å²) >= 11 is 0. The van der Waals surface area contributed by atoms with Gasteiger partial charge >= 0.3 is 5.97 Å². The number of aryl methyl sites for hydroxylation is 1. The largest absolute Gasteiger partial charge is 0.452 e. The zero-order valence-corrected chi connectivity index (χ0v) is 13.3. The number of carbonyl (C=O) groups is 2. The highest BCUT2D eigenvalue weighted by Crippen LogP contribution is 2.30. The average Bonchev–Trinajstić information content (AvgIpc) is 2.59. The number of nitrogens with one attached hydrogen (secondary N) is 1. The molecule has 0 saturated carbocycles. The van der Waals surface area contributed by atoms with Gasteiger partial charge in [-0.15, -0.1) is 0 Å². The number of pyridine rings is 1.